The van der Waals surface area contributed by atoms with Gasteiger partial charge in [-0.1, -0.05) is 26.0 Å². The second-order valence-corrected chi connectivity index (χ2v) is 7.05. The van der Waals surface area contributed by atoms with Crippen molar-refractivity contribution in [1.29, 1.82) is 5.26 Å². The van der Waals surface area contributed by atoms with Crippen LogP contribution in [0.25, 0.3) is 11.0 Å². The quantitative estimate of drug-likeness (QED) is 0.767. The van der Waals surface area contributed by atoms with Crippen LogP contribution in [-0.4, -0.2) is 35.6 Å². The first kappa shape index (κ1) is 18.1. The van der Waals surface area contributed by atoms with Crippen molar-refractivity contribution in [1.82, 2.24) is 9.97 Å². The van der Waals surface area contributed by atoms with E-state index in [1.807, 2.05) is 38.1 Å². The van der Waals surface area contributed by atoms with Gasteiger partial charge < -0.3 is 9.64 Å². The molecular formula is C20H24N4O2. The van der Waals surface area contributed by atoms with Crippen LogP contribution >= 0.6 is 0 Å². The molecule has 1 aromatic carbocycles. The first-order chi connectivity index (χ1) is 12.6. The largest absolute Gasteiger partial charge is 0.464 e. The molecule has 0 spiro atoms. The highest BCUT2D eigenvalue weighted by Crippen LogP contribution is 2.29. The second-order valence-electron chi connectivity index (χ2n) is 7.05. The third kappa shape index (κ3) is 3.93. The monoisotopic (exact) mass is 352 g/mol. The van der Waals surface area contributed by atoms with Gasteiger partial charge in [0.1, 0.15) is 5.69 Å². The molecule has 1 fully saturated rings. The number of aromatic nitrogens is 2. The van der Waals surface area contributed by atoms with E-state index in [0.29, 0.717) is 17.0 Å². The molecule has 1 aliphatic rings. The number of anilines is 1. The summed E-state index contributed by atoms with van der Waals surface area (Å²) in [6.45, 7) is 5.93. The van der Waals surface area contributed by atoms with Crippen LogP contribution < -0.4 is 4.90 Å². The number of nitriles is 1. The number of nitrogens with zero attached hydrogens (tertiary/aromatic N) is 4. The lowest BCUT2D eigenvalue weighted by Crippen LogP contribution is -2.32. The Kier molecular flexibility index (Phi) is 5.67. The summed E-state index contributed by atoms with van der Waals surface area (Å²) in [4.78, 5) is 24.0. The molecule has 1 aliphatic heterocycles. The molecule has 26 heavy (non-hydrogen) atoms. The molecule has 0 bridgehead atoms. The Balaban J connectivity index is 2.03. The van der Waals surface area contributed by atoms with Crippen LogP contribution in [0, 0.1) is 17.2 Å². The van der Waals surface area contributed by atoms with Gasteiger partial charge in [0.05, 0.1) is 23.7 Å². The molecule has 6 nitrogen and oxygen atoms in total. The van der Waals surface area contributed by atoms with Gasteiger partial charge in [0, 0.05) is 13.1 Å². The van der Waals surface area contributed by atoms with E-state index in [9.17, 15) is 10.1 Å². The molecule has 6 heteroatoms. The summed E-state index contributed by atoms with van der Waals surface area (Å²) in [5.74, 6) is -0.772. The number of hydrogen-bond donors (Lipinski definition) is 0. The Labute approximate surface area is 153 Å². The van der Waals surface area contributed by atoms with Crippen molar-refractivity contribution in [2.75, 3.05) is 24.6 Å². The third-order valence-electron chi connectivity index (χ3n) is 4.43. The number of rotatable bonds is 5. The summed E-state index contributed by atoms with van der Waals surface area (Å²) >= 11 is 0. The number of ether oxygens (including phenoxy) is 1. The Bertz CT molecular complexity index is 822. The number of benzene rings is 1. The van der Waals surface area contributed by atoms with E-state index in [0.717, 1.165) is 31.4 Å². The summed E-state index contributed by atoms with van der Waals surface area (Å²) < 4.78 is 5.32. The molecule has 0 N–H and O–H groups in total. The summed E-state index contributed by atoms with van der Waals surface area (Å²) in [6.07, 6.45) is 3.33. The lowest BCUT2D eigenvalue weighted by Gasteiger charge is -2.29. The van der Waals surface area contributed by atoms with Gasteiger partial charge in [0.15, 0.2) is 11.7 Å². The minimum Gasteiger partial charge on any atom is -0.464 e. The Morgan fingerprint density at radius 1 is 1.19 bits per heavy atom. The maximum atomic E-state index is 12.5. The Morgan fingerprint density at radius 3 is 2.46 bits per heavy atom. The normalized spacial score (nSPS) is 15.7. The van der Waals surface area contributed by atoms with Crippen molar-refractivity contribution in [3.8, 4) is 6.07 Å². The van der Waals surface area contributed by atoms with Gasteiger partial charge in [-0.05, 0) is 37.3 Å². The van der Waals surface area contributed by atoms with Crippen molar-refractivity contribution in [3.63, 3.8) is 0 Å². The van der Waals surface area contributed by atoms with Crippen LogP contribution in [0.5, 0.6) is 0 Å². The molecule has 0 radical (unpaired) electrons. The predicted octanol–water partition coefficient (Wildman–Crippen LogP) is 3.43. The summed E-state index contributed by atoms with van der Waals surface area (Å²) in [7, 11) is 0. The number of carbonyl (C=O) groups excluding carboxylic acids is 1. The zero-order valence-electron chi connectivity index (χ0n) is 15.3. The average Bonchev–Trinajstić information content (AvgIpc) is 2.67. The number of hydrogen-bond acceptors (Lipinski definition) is 6. The highest BCUT2D eigenvalue weighted by atomic mass is 16.5. The van der Waals surface area contributed by atoms with E-state index < -0.39 is 11.9 Å². The highest BCUT2D eigenvalue weighted by molar-refractivity contribution is 5.85. The molecule has 2 aromatic rings. The number of fused-ring (bicyclic) bond motifs is 1. The lowest BCUT2D eigenvalue weighted by atomic mass is 10.0. The molecule has 0 amide bonds. The van der Waals surface area contributed by atoms with Crippen LogP contribution in [0.2, 0.25) is 0 Å². The van der Waals surface area contributed by atoms with E-state index in [2.05, 4.69) is 16.0 Å². The fourth-order valence-electron chi connectivity index (χ4n) is 3.09. The fraction of sp³-hybridized carbons (Fsp3) is 0.500. The zero-order valence-corrected chi connectivity index (χ0v) is 15.3. The zero-order chi connectivity index (χ0) is 18.5. The number of para-hydroxylation sites is 2. The molecule has 1 atom stereocenters. The van der Waals surface area contributed by atoms with Gasteiger partial charge in [-0.2, -0.15) is 5.26 Å². The molecule has 0 aliphatic carbocycles. The van der Waals surface area contributed by atoms with Crippen LogP contribution in [0.3, 0.4) is 0 Å². The van der Waals surface area contributed by atoms with Crippen molar-refractivity contribution in [2.24, 2.45) is 5.92 Å². The first-order valence-electron chi connectivity index (χ1n) is 9.18. The summed E-state index contributed by atoms with van der Waals surface area (Å²) in [6, 6.07) is 9.62. The van der Waals surface area contributed by atoms with Gasteiger partial charge in [0.2, 0.25) is 0 Å². The summed E-state index contributed by atoms with van der Waals surface area (Å²) in [5.41, 5.74) is 1.85. The van der Waals surface area contributed by atoms with E-state index in [-0.39, 0.29) is 12.5 Å². The summed E-state index contributed by atoms with van der Waals surface area (Å²) in [5, 5.41) is 9.67. The average molecular weight is 352 g/mol. The Hall–Kier alpha value is -2.68. The second kappa shape index (κ2) is 8.13. The van der Waals surface area contributed by atoms with Crippen molar-refractivity contribution in [2.45, 2.75) is 39.0 Å². The Morgan fingerprint density at radius 2 is 1.85 bits per heavy atom. The van der Waals surface area contributed by atoms with Crippen molar-refractivity contribution in [3.05, 3.63) is 30.0 Å². The molecule has 0 unspecified atom stereocenters. The van der Waals surface area contributed by atoms with Gasteiger partial charge in [-0.15, -0.1) is 0 Å². The van der Waals surface area contributed by atoms with E-state index in [4.69, 9.17) is 9.72 Å². The van der Waals surface area contributed by atoms with Crippen molar-refractivity contribution < 1.29 is 9.53 Å². The molecule has 0 saturated carbocycles. The van der Waals surface area contributed by atoms with Crippen LogP contribution in [-0.2, 0) is 9.53 Å². The van der Waals surface area contributed by atoms with E-state index >= 15 is 0 Å². The number of carbonyl (C=O) groups is 1. The molecule has 3 rings (SSSR count). The van der Waals surface area contributed by atoms with Crippen LogP contribution in [0.15, 0.2) is 24.3 Å². The minimum absolute atomic E-state index is 0.211. The maximum absolute atomic E-state index is 12.5. The number of esters is 1. The molecule has 2 heterocycles. The molecule has 136 valence electrons. The van der Waals surface area contributed by atoms with Gasteiger partial charge in [-0.3, -0.25) is 4.79 Å². The van der Waals surface area contributed by atoms with E-state index in [1.54, 1.807) is 0 Å². The molecule has 1 aromatic heterocycles. The highest BCUT2D eigenvalue weighted by Gasteiger charge is 2.30. The standard InChI is InChI=1S/C20H24N4O2/c1-14(2)13-26-20(25)15(12-21)18-19(24-10-6-3-7-11-24)23-17-9-5-4-8-16(17)22-18/h4-5,8-9,14-15H,3,6-7,10-11,13H2,1-2H3/t15-/m0/s1. The smallest absolute Gasteiger partial charge is 0.329 e. The van der Waals surface area contributed by atoms with Crippen LogP contribution in [0.4, 0.5) is 5.82 Å². The lowest BCUT2D eigenvalue weighted by molar-refractivity contribution is -0.145. The SMILES string of the molecule is CC(C)COC(=O)[C@@H](C#N)c1nc2ccccc2nc1N1CCCCC1. The number of piperidine rings is 1. The minimum atomic E-state index is -1.07. The predicted molar refractivity (Wildman–Crippen MR) is 99.8 cm³/mol. The molecular weight excluding hydrogens is 328 g/mol. The topological polar surface area (TPSA) is 79.1 Å². The van der Waals surface area contributed by atoms with Crippen molar-refractivity contribution >= 4 is 22.8 Å². The van der Waals surface area contributed by atoms with Gasteiger partial charge in [0.25, 0.3) is 0 Å². The van der Waals surface area contributed by atoms with Gasteiger partial charge in [-0.25, -0.2) is 9.97 Å². The first-order valence-corrected chi connectivity index (χ1v) is 9.18. The maximum Gasteiger partial charge on any atom is 0.329 e. The van der Waals surface area contributed by atoms with Gasteiger partial charge >= 0.3 is 5.97 Å². The van der Waals surface area contributed by atoms with Crippen LogP contribution in [0.1, 0.15) is 44.7 Å². The third-order valence-corrected chi connectivity index (χ3v) is 4.43. The molecule has 1 saturated heterocycles. The van der Waals surface area contributed by atoms with E-state index in [1.165, 1.54) is 6.42 Å². The fourth-order valence-corrected chi connectivity index (χ4v) is 3.09.